The maximum atomic E-state index is 12.5. The maximum absolute atomic E-state index is 12.5. The molecule has 3 rings (SSSR count). The Morgan fingerprint density at radius 2 is 1.89 bits per heavy atom. The van der Waals surface area contributed by atoms with Gasteiger partial charge in [-0.25, -0.2) is 0 Å². The Labute approximate surface area is 158 Å². The van der Waals surface area contributed by atoms with Gasteiger partial charge in [0.15, 0.2) is 0 Å². The molecule has 0 saturated heterocycles. The smallest absolute Gasteiger partial charge is 0.313 e. The molecule has 2 amide bonds. The van der Waals surface area contributed by atoms with Gasteiger partial charge in [-0.05, 0) is 44.5 Å². The lowest BCUT2D eigenvalue weighted by atomic mass is 9.89. The molecule has 27 heavy (non-hydrogen) atoms. The second-order valence-corrected chi connectivity index (χ2v) is 7.29. The SMILES string of the molecule is COc1ccc(C)cc1NC(=O)C(=O)NC1CC(C)(C)Oc2ccccc21. The minimum Gasteiger partial charge on any atom is -0.495 e. The van der Waals surface area contributed by atoms with Crippen LogP contribution in [0.2, 0.25) is 0 Å². The van der Waals surface area contributed by atoms with Crippen molar-refractivity contribution < 1.29 is 19.1 Å². The quantitative estimate of drug-likeness (QED) is 0.815. The van der Waals surface area contributed by atoms with Gasteiger partial charge in [-0.1, -0.05) is 24.3 Å². The molecule has 1 aliphatic heterocycles. The van der Waals surface area contributed by atoms with Gasteiger partial charge in [0.2, 0.25) is 0 Å². The molecule has 1 heterocycles. The topological polar surface area (TPSA) is 76.7 Å². The molecule has 0 spiro atoms. The fourth-order valence-corrected chi connectivity index (χ4v) is 3.25. The van der Waals surface area contributed by atoms with Crippen molar-refractivity contribution in [2.45, 2.75) is 38.8 Å². The molecule has 2 N–H and O–H groups in total. The van der Waals surface area contributed by atoms with Crippen LogP contribution in [0.25, 0.3) is 0 Å². The van der Waals surface area contributed by atoms with Crippen molar-refractivity contribution in [1.82, 2.24) is 5.32 Å². The molecule has 6 nitrogen and oxygen atoms in total. The zero-order chi connectivity index (χ0) is 19.6. The highest BCUT2D eigenvalue weighted by molar-refractivity contribution is 6.39. The summed E-state index contributed by atoms with van der Waals surface area (Å²) >= 11 is 0. The Balaban J connectivity index is 1.76. The predicted molar refractivity (Wildman–Crippen MR) is 103 cm³/mol. The van der Waals surface area contributed by atoms with E-state index < -0.39 is 17.4 Å². The number of methoxy groups -OCH3 is 1. The first-order valence-electron chi connectivity index (χ1n) is 8.83. The third-order valence-electron chi connectivity index (χ3n) is 4.49. The van der Waals surface area contributed by atoms with Crippen molar-refractivity contribution in [3.8, 4) is 11.5 Å². The summed E-state index contributed by atoms with van der Waals surface area (Å²) in [6, 6.07) is 12.6. The van der Waals surface area contributed by atoms with Crippen LogP contribution in [0.1, 0.15) is 37.4 Å². The number of ether oxygens (including phenoxy) is 2. The van der Waals surface area contributed by atoms with Gasteiger partial charge >= 0.3 is 11.8 Å². The minimum atomic E-state index is -0.735. The number of nitrogens with one attached hydrogen (secondary N) is 2. The number of rotatable bonds is 3. The third kappa shape index (κ3) is 4.22. The van der Waals surface area contributed by atoms with Crippen LogP contribution in [-0.2, 0) is 9.59 Å². The molecule has 0 aliphatic carbocycles. The van der Waals surface area contributed by atoms with E-state index >= 15 is 0 Å². The van der Waals surface area contributed by atoms with Crippen LogP contribution in [-0.4, -0.2) is 24.5 Å². The summed E-state index contributed by atoms with van der Waals surface area (Å²) in [6.45, 7) is 5.82. The standard InChI is InChI=1S/C21H24N2O4/c1-13-9-10-18(26-4)15(11-13)22-19(24)20(25)23-16-12-21(2,3)27-17-8-6-5-7-14(16)17/h5-11,16H,12H2,1-4H3,(H,22,24)(H,23,25). The van der Waals surface area contributed by atoms with Gasteiger partial charge in [-0.15, -0.1) is 0 Å². The Kier molecular flexibility index (Phi) is 5.08. The van der Waals surface area contributed by atoms with E-state index in [0.29, 0.717) is 17.9 Å². The Bertz CT molecular complexity index is 876. The summed E-state index contributed by atoms with van der Waals surface area (Å²) in [7, 11) is 1.52. The molecular formula is C21H24N2O4. The number of fused-ring (bicyclic) bond motifs is 1. The summed E-state index contributed by atoms with van der Waals surface area (Å²) in [6.07, 6.45) is 0.566. The number of benzene rings is 2. The number of anilines is 1. The Morgan fingerprint density at radius 3 is 2.63 bits per heavy atom. The summed E-state index contributed by atoms with van der Waals surface area (Å²) in [5, 5.41) is 5.46. The number of aryl methyl sites for hydroxylation is 1. The zero-order valence-corrected chi connectivity index (χ0v) is 16.0. The second kappa shape index (κ2) is 7.31. The summed E-state index contributed by atoms with van der Waals surface area (Å²) in [5.41, 5.74) is 1.84. The van der Waals surface area contributed by atoms with Crippen molar-refractivity contribution in [2.75, 3.05) is 12.4 Å². The van der Waals surface area contributed by atoms with Crippen LogP contribution >= 0.6 is 0 Å². The summed E-state index contributed by atoms with van der Waals surface area (Å²) in [4.78, 5) is 24.9. The average Bonchev–Trinajstić information content (AvgIpc) is 2.61. The van der Waals surface area contributed by atoms with Crippen LogP contribution in [0.3, 0.4) is 0 Å². The largest absolute Gasteiger partial charge is 0.495 e. The van der Waals surface area contributed by atoms with E-state index in [1.165, 1.54) is 7.11 Å². The fourth-order valence-electron chi connectivity index (χ4n) is 3.25. The van der Waals surface area contributed by atoms with Gasteiger partial charge in [0.25, 0.3) is 0 Å². The minimum absolute atomic E-state index is 0.303. The van der Waals surface area contributed by atoms with Gasteiger partial charge in [0.1, 0.15) is 17.1 Å². The summed E-state index contributed by atoms with van der Waals surface area (Å²) in [5.74, 6) is -0.212. The highest BCUT2D eigenvalue weighted by Gasteiger charge is 2.35. The molecular weight excluding hydrogens is 344 g/mol. The van der Waals surface area contributed by atoms with E-state index in [9.17, 15) is 9.59 Å². The van der Waals surface area contributed by atoms with Gasteiger partial charge in [0.05, 0.1) is 18.8 Å². The van der Waals surface area contributed by atoms with E-state index in [1.54, 1.807) is 12.1 Å². The molecule has 1 unspecified atom stereocenters. The van der Waals surface area contributed by atoms with Crippen molar-refractivity contribution in [3.63, 3.8) is 0 Å². The second-order valence-electron chi connectivity index (χ2n) is 7.29. The number of hydrogen-bond acceptors (Lipinski definition) is 4. The third-order valence-corrected chi connectivity index (χ3v) is 4.49. The highest BCUT2D eigenvalue weighted by atomic mass is 16.5. The molecule has 0 aromatic heterocycles. The Hall–Kier alpha value is -3.02. The monoisotopic (exact) mass is 368 g/mol. The molecule has 0 radical (unpaired) electrons. The zero-order valence-electron chi connectivity index (χ0n) is 16.0. The maximum Gasteiger partial charge on any atom is 0.313 e. The molecule has 1 aliphatic rings. The molecule has 0 fully saturated rings. The number of carbonyl (C=O) groups excluding carboxylic acids is 2. The molecule has 6 heteroatoms. The molecule has 2 aromatic rings. The lowest BCUT2D eigenvalue weighted by Gasteiger charge is -2.37. The van der Waals surface area contributed by atoms with Crippen LogP contribution < -0.4 is 20.1 Å². The first-order valence-corrected chi connectivity index (χ1v) is 8.83. The van der Waals surface area contributed by atoms with Gasteiger partial charge in [-0.2, -0.15) is 0 Å². The van der Waals surface area contributed by atoms with E-state index in [0.717, 1.165) is 16.9 Å². The van der Waals surface area contributed by atoms with E-state index in [-0.39, 0.29) is 6.04 Å². The predicted octanol–water partition coefficient (Wildman–Crippen LogP) is 3.36. The number of para-hydroxylation sites is 1. The van der Waals surface area contributed by atoms with Crippen molar-refractivity contribution in [3.05, 3.63) is 53.6 Å². The lowest BCUT2D eigenvalue weighted by Crippen LogP contribution is -2.44. The first kappa shape index (κ1) is 18.8. The van der Waals surface area contributed by atoms with Crippen LogP contribution in [0, 0.1) is 6.92 Å². The normalized spacial score (nSPS) is 17.3. The van der Waals surface area contributed by atoms with E-state index in [1.807, 2.05) is 51.1 Å². The van der Waals surface area contributed by atoms with E-state index in [4.69, 9.17) is 9.47 Å². The molecule has 1 atom stereocenters. The first-order chi connectivity index (χ1) is 12.8. The van der Waals surface area contributed by atoms with Crippen LogP contribution in [0.15, 0.2) is 42.5 Å². The van der Waals surface area contributed by atoms with Gasteiger partial charge < -0.3 is 20.1 Å². The highest BCUT2D eigenvalue weighted by Crippen LogP contribution is 2.39. The van der Waals surface area contributed by atoms with Crippen molar-refractivity contribution in [2.24, 2.45) is 0 Å². The number of hydrogen-bond donors (Lipinski definition) is 2. The lowest BCUT2D eigenvalue weighted by molar-refractivity contribution is -0.137. The number of carbonyl (C=O) groups is 2. The van der Waals surface area contributed by atoms with Gasteiger partial charge in [-0.3, -0.25) is 9.59 Å². The van der Waals surface area contributed by atoms with Gasteiger partial charge in [0, 0.05) is 12.0 Å². The molecule has 0 bridgehead atoms. The summed E-state index contributed by atoms with van der Waals surface area (Å²) < 4.78 is 11.2. The van der Waals surface area contributed by atoms with Crippen LogP contribution in [0.5, 0.6) is 11.5 Å². The molecule has 2 aromatic carbocycles. The fraction of sp³-hybridized carbons (Fsp3) is 0.333. The van der Waals surface area contributed by atoms with Crippen LogP contribution in [0.4, 0.5) is 5.69 Å². The van der Waals surface area contributed by atoms with Crippen molar-refractivity contribution >= 4 is 17.5 Å². The molecule has 142 valence electrons. The van der Waals surface area contributed by atoms with Crippen molar-refractivity contribution in [1.29, 1.82) is 0 Å². The average molecular weight is 368 g/mol. The number of amides is 2. The Morgan fingerprint density at radius 1 is 1.15 bits per heavy atom. The van der Waals surface area contributed by atoms with E-state index in [2.05, 4.69) is 10.6 Å². The molecule has 0 saturated carbocycles.